The van der Waals surface area contributed by atoms with Crippen LogP contribution in [0.3, 0.4) is 0 Å². The second kappa shape index (κ2) is 12.2. The topological polar surface area (TPSA) is 93.0 Å². The lowest BCUT2D eigenvalue weighted by Gasteiger charge is -2.49. The van der Waals surface area contributed by atoms with Crippen molar-refractivity contribution in [3.63, 3.8) is 0 Å². The molecule has 0 aromatic heterocycles. The van der Waals surface area contributed by atoms with Gasteiger partial charge in [-0.1, -0.05) is 24.5 Å². The van der Waals surface area contributed by atoms with Crippen LogP contribution in [-0.4, -0.2) is 57.9 Å². The van der Waals surface area contributed by atoms with Crippen molar-refractivity contribution in [2.45, 2.75) is 76.9 Å². The van der Waals surface area contributed by atoms with Gasteiger partial charge >= 0.3 is 0 Å². The van der Waals surface area contributed by atoms with Crippen molar-refractivity contribution < 1.29 is 20.1 Å². The molecule has 2 aliphatic carbocycles. The Morgan fingerprint density at radius 2 is 1.84 bits per heavy atom. The molecule has 6 heteroatoms. The molecule has 2 aromatic rings. The highest BCUT2D eigenvalue weighted by Crippen LogP contribution is 2.42. The first-order chi connectivity index (χ1) is 18.2. The number of hydrogen-bond acceptors (Lipinski definition) is 5. The van der Waals surface area contributed by atoms with Gasteiger partial charge in [-0.25, -0.2) is 0 Å². The zero-order valence-electron chi connectivity index (χ0n) is 23.0. The van der Waals surface area contributed by atoms with Crippen LogP contribution in [0.4, 0.5) is 0 Å². The molecule has 2 aromatic carbocycles. The van der Waals surface area contributed by atoms with Crippen molar-refractivity contribution in [1.29, 1.82) is 0 Å². The average molecular weight is 519 g/mol. The molecule has 2 saturated carbocycles. The van der Waals surface area contributed by atoms with Crippen LogP contribution < -0.4 is 5.32 Å². The van der Waals surface area contributed by atoms with Gasteiger partial charge < -0.3 is 25.5 Å². The number of benzene rings is 2. The third kappa shape index (κ3) is 6.89. The van der Waals surface area contributed by atoms with Crippen LogP contribution in [0.5, 0.6) is 11.5 Å². The van der Waals surface area contributed by atoms with Crippen LogP contribution >= 0.6 is 0 Å². The zero-order valence-corrected chi connectivity index (χ0v) is 23.0. The molecule has 0 bridgehead atoms. The fourth-order valence-electron chi connectivity index (χ4n) is 5.77. The van der Waals surface area contributed by atoms with Crippen molar-refractivity contribution in [3.05, 3.63) is 58.7 Å². The summed E-state index contributed by atoms with van der Waals surface area (Å²) in [6, 6.07) is 10.4. The molecular formula is C32H42N2O4. The summed E-state index contributed by atoms with van der Waals surface area (Å²) in [7, 11) is 1.76. The molecule has 2 unspecified atom stereocenters. The molecule has 0 radical (unpaired) electrons. The molecule has 0 spiro atoms. The summed E-state index contributed by atoms with van der Waals surface area (Å²) < 4.78 is 0. The summed E-state index contributed by atoms with van der Waals surface area (Å²) in [5.74, 6) is 6.06. The lowest BCUT2D eigenvalue weighted by molar-refractivity contribution is -0.145. The van der Waals surface area contributed by atoms with Gasteiger partial charge in [0.2, 0.25) is 0 Å². The van der Waals surface area contributed by atoms with Crippen LogP contribution in [0, 0.1) is 37.5 Å². The van der Waals surface area contributed by atoms with Crippen molar-refractivity contribution in [1.82, 2.24) is 10.2 Å². The van der Waals surface area contributed by atoms with E-state index < -0.39 is 5.60 Å². The fraction of sp³-hybridized carbons (Fsp3) is 0.531. The lowest BCUT2D eigenvalue weighted by Crippen LogP contribution is -2.59. The van der Waals surface area contributed by atoms with E-state index >= 15 is 0 Å². The number of nitrogens with zero attached hydrogens (tertiary/aromatic N) is 1. The lowest BCUT2D eigenvalue weighted by atomic mass is 9.67. The predicted molar refractivity (Wildman–Crippen MR) is 150 cm³/mol. The van der Waals surface area contributed by atoms with Crippen LogP contribution in [-0.2, 0) is 11.2 Å². The number of likely N-dealkylation sites (N-methyl/N-ethyl adjacent to an activating group) is 1. The molecule has 204 valence electrons. The Bertz CT molecular complexity index is 1200. The molecule has 6 nitrogen and oxygen atoms in total. The molecule has 0 aliphatic heterocycles. The number of amides is 1. The maximum absolute atomic E-state index is 13.2. The molecule has 3 atom stereocenters. The second-order valence-electron chi connectivity index (χ2n) is 11.4. The quantitative estimate of drug-likeness (QED) is 0.224. The number of nitrogens with one attached hydrogen (secondary N) is 1. The first-order valence-corrected chi connectivity index (χ1v) is 14.0. The minimum absolute atomic E-state index is 0.0432. The highest BCUT2D eigenvalue weighted by atomic mass is 16.3. The van der Waals surface area contributed by atoms with E-state index in [0.717, 1.165) is 61.4 Å². The van der Waals surface area contributed by atoms with Gasteiger partial charge in [-0.3, -0.25) is 4.79 Å². The van der Waals surface area contributed by atoms with Crippen LogP contribution in [0.1, 0.15) is 67.2 Å². The Labute approximate surface area is 227 Å². The molecule has 4 rings (SSSR count). The van der Waals surface area contributed by atoms with E-state index in [-0.39, 0.29) is 29.4 Å². The number of carbonyl (C=O) groups is 1. The molecular weight excluding hydrogens is 476 g/mol. The maximum Gasteiger partial charge on any atom is 0.298 e. The number of carbonyl (C=O) groups excluding carboxylic acids is 1. The van der Waals surface area contributed by atoms with Crippen LogP contribution in [0.2, 0.25) is 0 Å². The average Bonchev–Trinajstić information content (AvgIpc) is 3.73. The highest BCUT2D eigenvalue weighted by molar-refractivity contribution is 5.94. The third-order valence-corrected chi connectivity index (χ3v) is 8.58. The second-order valence-corrected chi connectivity index (χ2v) is 11.4. The van der Waals surface area contributed by atoms with E-state index in [1.807, 2.05) is 32.0 Å². The first-order valence-electron chi connectivity index (χ1n) is 14.0. The summed E-state index contributed by atoms with van der Waals surface area (Å²) in [5.41, 5.74) is 2.88. The molecule has 0 heterocycles. The Morgan fingerprint density at radius 3 is 2.55 bits per heavy atom. The first kappa shape index (κ1) is 28.0. The monoisotopic (exact) mass is 518 g/mol. The fourth-order valence-corrected chi connectivity index (χ4v) is 5.77. The van der Waals surface area contributed by atoms with Gasteiger partial charge in [-0.15, -0.1) is 0 Å². The normalized spacial score (nSPS) is 22.9. The molecule has 1 amide bonds. The largest absolute Gasteiger partial charge is 0.504 e. The highest BCUT2D eigenvalue weighted by Gasteiger charge is 2.48. The molecule has 0 saturated heterocycles. The number of aliphatic hydroxyl groups is 1. The Morgan fingerprint density at radius 1 is 1.05 bits per heavy atom. The van der Waals surface area contributed by atoms with E-state index in [2.05, 4.69) is 17.2 Å². The molecule has 2 aliphatic rings. The smallest absolute Gasteiger partial charge is 0.298 e. The Balaban J connectivity index is 1.51. The summed E-state index contributed by atoms with van der Waals surface area (Å²) in [4.78, 5) is 14.9. The van der Waals surface area contributed by atoms with Gasteiger partial charge in [0, 0.05) is 18.5 Å². The van der Waals surface area contributed by atoms with Gasteiger partial charge in [0.05, 0.1) is 11.6 Å². The summed E-state index contributed by atoms with van der Waals surface area (Å²) in [6.07, 6.45) is 7.02. The van der Waals surface area contributed by atoms with E-state index in [0.29, 0.717) is 12.8 Å². The summed E-state index contributed by atoms with van der Waals surface area (Å²) in [5, 5.41) is 35.5. The van der Waals surface area contributed by atoms with E-state index in [1.165, 1.54) is 24.5 Å². The maximum atomic E-state index is 13.2. The van der Waals surface area contributed by atoms with Crippen molar-refractivity contribution >= 4 is 5.91 Å². The third-order valence-electron chi connectivity index (χ3n) is 8.58. The van der Waals surface area contributed by atoms with E-state index in [4.69, 9.17) is 0 Å². The minimum Gasteiger partial charge on any atom is -0.504 e. The SMILES string of the molecule is Cc1ccc(C#CC(=O)N(C)[C@@H]2CCCC(CCNCC3CC3)C2(O)CCc2ccc(O)c(O)c2)cc1C. The van der Waals surface area contributed by atoms with Gasteiger partial charge in [0.25, 0.3) is 5.91 Å². The van der Waals surface area contributed by atoms with Gasteiger partial charge in [-0.2, -0.15) is 0 Å². The van der Waals surface area contributed by atoms with Crippen LogP contribution in [0.15, 0.2) is 36.4 Å². The Kier molecular flexibility index (Phi) is 9.02. The van der Waals surface area contributed by atoms with Crippen molar-refractivity contribution in [2.24, 2.45) is 11.8 Å². The van der Waals surface area contributed by atoms with E-state index in [9.17, 15) is 20.1 Å². The molecule has 4 N–H and O–H groups in total. The number of aromatic hydroxyl groups is 2. The summed E-state index contributed by atoms with van der Waals surface area (Å²) in [6.45, 7) is 5.96. The predicted octanol–water partition coefficient (Wildman–Crippen LogP) is 4.45. The standard InChI is InChI=1S/C32H42N2O4/c1-22-7-8-24(19-23(22)2)12-14-31(37)34(3)30-6-4-5-27(16-18-33-21-26-9-10-26)32(30,38)17-15-25-11-13-28(35)29(36)20-25/h7-8,11,13,19-20,26-27,30,33,35-36,38H,4-6,9-10,15-18,21H2,1-3H3/t27?,30-,32?/m1/s1. The van der Waals surface area contributed by atoms with Gasteiger partial charge in [-0.05, 0) is 125 Å². The van der Waals surface area contributed by atoms with Crippen LogP contribution in [0.25, 0.3) is 0 Å². The number of phenols is 2. The minimum atomic E-state index is -1.08. The summed E-state index contributed by atoms with van der Waals surface area (Å²) >= 11 is 0. The van der Waals surface area contributed by atoms with Crippen molar-refractivity contribution in [3.8, 4) is 23.3 Å². The number of phenolic OH excluding ortho intramolecular Hbond substituents is 2. The van der Waals surface area contributed by atoms with E-state index in [1.54, 1.807) is 24.1 Å². The Hall–Kier alpha value is -3.01. The molecule has 38 heavy (non-hydrogen) atoms. The number of rotatable bonds is 9. The number of aryl methyl sites for hydroxylation is 3. The zero-order chi connectivity index (χ0) is 27.3. The molecule has 2 fully saturated rings. The van der Waals surface area contributed by atoms with Crippen molar-refractivity contribution in [2.75, 3.05) is 20.1 Å². The number of hydrogen-bond donors (Lipinski definition) is 4. The van der Waals surface area contributed by atoms with Gasteiger partial charge in [0.15, 0.2) is 11.5 Å². The van der Waals surface area contributed by atoms with Gasteiger partial charge in [0.1, 0.15) is 0 Å².